The topological polar surface area (TPSA) is 126 Å². The van der Waals surface area contributed by atoms with Gasteiger partial charge in [0.25, 0.3) is 0 Å². The molecule has 0 radical (unpaired) electrons. The molecular weight excluding hydrogens is 314 g/mol. The van der Waals surface area contributed by atoms with Crippen molar-refractivity contribution < 1.29 is 14.5 Å². The van der Waals surface area contributed by atoms with E-state index in [0.717, 1.165) is 5.56 Å². The van der Waals surface area contributed by atoms with Crippen molar-refractivity contribution in [2.45, 2.75) is 13.8 Å². The van der Waals surface area contributed by atoms with Crippen molar-refractivity contribution in [2.24, 2.45) is 15.2 Å². The second kappa shape index (κ2) is 7.79. The molecule has 2 aromatic rings. The quantitative estimate of drug-likeness (QED) is 0.377. The van der Waals surface area contributed by atoms with E-state index in [0.29, 0.717) is 11.4 Å². The van der Waals surface area contributed by atoms with Gasteiger partial charge in [0.15, 0.2) is 11.6 Å². The van der Waals surface area contributed by atoms with Crippen LogP contribution in [0.25, 0.3) is 0 Å². The smallest absolute Gasteiger partial charge is 0.400 e. The molecule has 1 aromatic carbocycles. The number of aliphatic imine (C=N–C) groups is 1. The second-order valence-corrected chi connectivity index (χ2v) is 4.77. The Kier molecular flexibility index (Phi) is 5.53. The van der Waals surface area contributed by atoms with E-state index in [2.05, 4.69) is 15.2 Å². The molecule has 0 spiro atoms. The lowest BCUT2D eigenvalue weighted by Gasteiger charge is -2.03. The maximum Gasteiger partial charge on any atom is 0.433 e. The number of nitrogens with one attached hydrogen (secondary N) is 1. The number of nitro groups is 1. The van der Waals surface area contributed by atoms with E-state index in [1.54, 1.807) is 19.1 Å². The fourth-order valence-electron chi connectivity index (χ4n) is 1.66. The highest BCUT2D eigenvalue weighted by molar-refractivity contribution is 6.40. The van der Waals surface area contributed by atoms with E-state index < -0.39 is 4.92 Å². The van der Waals surface area contributed by atoms with E-state index in [9.17, 15) is 15.3 Å². The number of nitrogens with zero attached hydrogens (tertiary/aromatic N) is 4. The van der Waals surface area contributed by atoms with Gasteiger partial charge < -0.3 is 4.42 Å². The number of hydrogen-bond donors (Lipinski definition) is 2. The molecule has 9 heteroatoms. The summed E-state index contributed by atoms with van der Waals surface area (Å²) in [6, 6.07) is 10.00. The van der Waals surface area contributed by atoms with Crippen LogP contribution in [0.2, 0.25) is 0 Å². The Morgan fingerprint density at radius 2 is 2.00 bits per heavy atom. The predicted molar refractivity (Wildman–Crippen MR) is 89.3 cm³/mol. The molecule has 0 aliphatic carbocycles. The van der Waals surface area contributed by atoms with Crippen molar-refractivity contribution in [3.8, 4) is 0 Å². The van der Waals surface area contributed by atoms with Crippen LogP contribution >= 0.6 is 0 Å². The van der Waals surface area contributed by atoms with E-state index in [-0.39, 0.29) is 17.5 Å². The van der Waals surface area contributed by atoms with Crippen LogP contribution < -0.4 is 5.48 Å². The van der Waals surface area contributed by atoms with Crippen molar-refractivity contribution in [1.82, 2.24) is 5.48 Å². The van der Waals surface area contributed by atoms with Gasteiger partial charge in [-0.25, -0.2) is 4.99 Å². The third kappa shape index (κ3) is 4.58. The number of hydroxylamine groups is 1. The molecule has 0 bridgehead atoms. The van der Waals surface area contributed by atoms with Gasteiger partial charge in [0, 0.05) is 0 Å². The zero-order chi connectivity index (χ0) is 17.5. The molecule has 2 rings (SSSR count). The molecule has 1 heterocycles. The van der Waals surface area contributed by atoms with E-state index in [1.807, 2.05) is 24.5 Å². The minimum Gasteiger partial charge on any atom is -0.400 e. The number of furan rings is 1. The van der Waals surface area contributed by atoms with Gasteiger partial charge in [-0.2, -0.15) is 10.2 Å². The Morgan fingerprint density at radius 1 is 1.29 bits per heavy atom. The van der Waals surface area contributed by atoms with Crippen LogP contribution in [-0.2, 0) is 0 Å². The average Bonchev–Trinajstić information content (AvgIpc) is 3.03. The standard InChI is InChI=1S/C15H15N5O4/c1-10-3-5-12(6-4-10)17-15(19-21)11(2)18-16-9-13-7-8-14(24-13)20(22)23/h3-9,21H,1-2H3,(H,17,19). The SMILES string of the molecule is CC(=NN=Cc1ccc([N+](=O)[O-])o1)C(=Nc1ccc(C)cc1)NO. The number of benzene rings is 1. The van der Waals surface area contributed by atoms with Crippen molar-refractivity contribution in [1.29, 1.82) is 0 Å². The van der Waals surface area contributed by atoms with Crippen LogP contribution in [-0.4, -0.2) is 27.9 Å². The summed E-state index contributed by atoms with van der Waals surface area (Å²) >= 11 is 0. The summed E-state index contributed by atoms with van der Waals surface area (Å²) in [4.78, 5) is 14.1. The highest BCUT2D eigenvalue weighted by atomic mass is 16.6. The van der Waals surface area contributed by atoms with Crippen LogP contribution in [0, 0.1) is 17.0 Å². The first-order valence-electron chi connectivity index (χ1n) is 6.87. The normalized spacial score (nSPS) is 12.6. The Bertz CT molecular complexity index is 806. The first-order valence-corrected chi connectivity index (χ1v) is 6.87. The molecule has 24 heavy (non-hydrogen) atoms. The molecule has 0 aliphatic heterocycles. The molecular formula is C15H15N5O4. The minimum atomic E-state index is -0.645. The summed E-state index contributed by atoms with van der Waals surface area (Å²) in [6.45, 7) is 3.55. The van der Waals surface area contributed by atoms with Gasteiger partial charge in [0.05, 0.1) is 18.0 Å². The Labute approximate surface area is 137 Å². The first kappa shape index (κ1) is 17.0. The predicted octanol–water partition coefficient (Wildman–Crippen LogP) is 3.00. The Morgan fingerprint density at radius 3 is 2.58 bits per heavy atom. The summed E-state index contributed by atoms with van der Waals surface area (Å²) in [5.41, 5.74) is 4.01. The zero-order valence-electron chi connectivity index (χ0n) is 13.0. The number of rotatable bonds is 5. The van der Waals surface area contributed by atoms with Crippen LogP contribution in [0.1, 0.15) is 18.2 Å². The van der Waals surface area contributed by atoms with Crippen LogP contribution in [0.4, 0.5) is 11.6 Å². The molecule has 2 N–H and O–H groups in total. The maximum absolute atomic E-state index is 10.5. The summed E-state index contributed by atoms with van der Waals surface area (Å²) in [7, 11) is 0. The van der Waals surface area contributed by atoms with Crippen molar-refractivity contribution in [3.63, 3.8) is 0 Å². The fourth-order valence-corrected chi connectivity index (χ4v) is 1.66. The summed E-state index contributed by atoms with van der Waals surface area (Å²) in [5, 5.41) is 27.3. The fraction of sp³-hybridized carbons (Fsp3) is 0.133. The highest BCUT2D eigenvalue weighted by Gasteiger charge is 2.10. The average molecular weight is 329 g/mol. The monoisotopic (exact) mass is 329 g/mol. The van der Waals surface area contributed by atoms with Gasteiger partial charge in [0.2, 0.25) is 0 Å². The first-order chi connectivity index (χ1) is 11.5. The highest BCUT2D eigenvalue weighted by Crippen LogP contribution is 2.14. The molecule has 9 nitrogen and oxygen atoms in total. The molecule has 0 saturated carbocycles. The lowest BCUT2D eigenvalue weighted by molar-refractivity contribution is -0.402. The lowest BCUT2D eigenvalue weighted by atomic mass is 10.2. The molecule has 0 aliphatic rings. The van der Waals surface area contributed by atoms with Crippen molar-refractivity contribution >= 4 is 29.3 Å². The third-order valence-corrected chi connectivity index (χ3v) is 2.91. The largest absolute Gasteiger partial charge is 0.433 e. The van der Waals surface area contributed by atoms with Gasteiger partial charge in [0.1, 0.15) is 10.6 Å². The van der Waals surface area contributed by atoms with Gasteiger partial charge in [-0.3, -0.25) is 20.8 Å². The lowest BCUT2D eigenvalue weighted by Crippen LogP contribution is -2.26. The van der Waals surface area contributed by atoms with E-state index in [1.165, 1.54) is 18.3 Å². The Hall–Kier alpha value is -3.33. The van der Waals surface area contributed by atoms with Gasteiger partial charge >= 0.3 is 5.88 Å². The third-order valence-electron chi connectivity index (χ3n) is 2.91. The summed E-state index contributed by atoms with van der Waals surface area (Å²) in [5.74, 6) is -0.0653. The zero-order valence-corrected chi connectivity index (χ0v) is 13.0. The maximum atomic E-state index is 10.5. The van der Waals surface area contributed by atoms with Crippen molar-refractivity contribution in [2.75, 3.05) is 0 Å². The second-order valence-electron chi connectivity index (χ2n) is 4.77. The van der Waals surface area contributed by atoms with Crippen LogP contribution in [0.15, 0.2) is 56.0 Å². The summed E-state index contributed by atoms with van der Waals surface area (Å²) in [6.07, 6.45) is 1.22. The number of amidine groups is 1. The van der Waals surface area contributed by atoms with Crippen LogP contribution in [0.5, 0.6) is 0 Å². The molecule has 0 atom stereocenters. The Balaban J connectivity index is 2.13. The molecule has 0 unspecified atom stereocenters. The van der Waals surface area contributed by atoms with Gasteiger partial charge in [-0.1, -0.05) is 17.7 Å². The van der Waals surface area contributed by atoms with Crippen molar-refractivity contribution in [3.05, 3.63) is 57.8 Å². The van der Waals surface area contributed by atoms with Crippen LogP contribution in [0.3, 0.4) is 0 Å². The molecule has 0 saturated heterocycles. The molecule has 124 valence electrons. The van der Waals surface area contributed by atoms with E-state index >= 15 is 0 Å². The molecule has 1 aromatic heterocycles. The van der Waals surface area contributed by atoms with Gasteiger partial charge in [-0.15, -0.1) is 0 Å². The number of aryl methyl sites for hydroxylation is 1. The summed E-state index contributed by atoms with van der Waals surface area (Å²) < 4.78 is 4.91. The molecule has 0 amide bonds. The van der Waals surface area contributed by atoms with Gasteiger partial charge in [-0.05, 0) is 32.0 Å². The molecule has 0 fully saturated rings. The minimum absolute atomic E-state index is 0.126. The van der Waals surface area contributed by atoms with E-state index in [4.69, 9.17) is 4.42 Å². The number of hydrogen-bond acceptors (Lipinski definition) is 7.